The lowest BCUT2D eigenvalue weighted by molar-refractivity contribution is 0.200. The summed E-state index contributed by atoms with van der Waals surface area (Å²) in [5.74, 6) is 2.35. The van der Waals surface area contributed by atoms with E-state index in [2.05, 4.69) is 42.5 Å². The van der Waals surface area contributed by atoms with Gasteiger partial charge in [-0.3, -0.25) is 0 Å². The van der Waals surface area contributed by atoms with Crippen LogP contribution in [0.25, 0.3) is 5.95 Å². The third-order valence-electron chi connectivity index (χ3n) is 7.45. The third kappa shape index (κ3) is 5.92. The summed E-state index contributed by atoms with van der Waals surface area (Å²) >= 11 is 6.34. The van der Waals surface area contributed by atoms with Crippen LogP contribution in [-0.4, -0.2) is 64.0 Å². The van der Waals surface area contributed by atoms with E-state index >= 15 is 0 Å². The second-order valence-electron chi connectivity index (χ2n) is 10.1. The second-order valence-corrected chi connectivity index (χ2v) is 10.5. The zero-order valence-corrected chi connectivity index (χ0v) is 23.7. The molecule has 4 heterocycles. The second kappa shape index (κ2) is 11.7. The highest BCUT2D eigenvalue weighted by Crippen LogP contribution is 2.35. The molecule has 2 aliphatic rings. The predicted molar refractivity (Wildman–Crippen MR) is 157 cm³/mol. The number of allylic oxidation sites excluding steroid dienone is 1. The maximum Gasteiger partial charge on any atom is 0.254 e. The topological polar surface area (TPSA) is 80.6 Å². The minimum absolute atomic E-state index is 0.180. The van der Waals surface area contributed by atoms with Gasteiger partial charge in [-0.15, -0.1) is 0 Å². The van der Waals surface area contributed by atoms with Gasteiger partial charge in [-0.25, -0.2) is 9.07 Å². The van der Waals surface area contributed by atoms with E-state index in [9.17, 15) is 4.39 Å². The number of rotatable bonds is 8. The number of piperazine rings is 1. The first-order chi connectivity index (χ1) is 20.0. The van der Waals surface area contributed by atoms with Crippen molar-refractivity contribution in [2.45, 2.75) is 25.9 Å². The highest BCUT2D eigenvalue weighted by Gasteiger charge is 2.32. The van der Waals surface area contributed by atoms with Gasteiger partial charge in [0.2, 0.25) is 0 Å². The smallest absolute Gasteiger partial charge is 0.254 e. The summed E-state index contributed by atoms with van der Waals surface area (Å²) in [4.78, 5) is 13.6. The lowest BCUT2D eigenvalue weighted by Gasteiger charge is -2.45. The minimum atomic E-state index is -0.240. The molecule has 4 aromatic rings. The number of nitrogens with one attached hydrogen (secondary N) is 1. The Morgan fingerprint density at radius 2 is 2.00 bits per heavy atom. The Morgan fingerprint density at radius 1 is 1.15 bits per heavy atom. The van der Waals surface area contributed by atoms with E-state index in [0.717, 1.165) is 53.6 Å². The Hall–Kier alpha value is -4.31. The van der Waals surface area contributed by atoms with Crippen molar-refractivity contribution in [2.75, 3.05) is 43.6 Å². The van der Waals surface area contributed by atoms with Crippen molar-refractivity contribution in [3.63, 3.8) is 0 Å². The van der Waals surface area contributed by atoms with Crippen molar-refractivity contribution >= 4 is 23.1 Å². The van der Waals surface area contributed by atoms with Crippen molar-refractivity contribution in [1.82, 2.24) is 24.6 Å². The van der Waals surface area contributed by atoms with Crippen molar-refractivity contribution in [3.8, 4) is 17.4 Å². The molecule has 9 nitrogen and oxygen atoms in total. The lowest BCUT2D eigenvalue weighted by atomic mass is 10.1. The SMILES string of the molecule is COc1ccc(CNc2cc(Cl)nc(-n3ncc(C/C=C/N4CCN5c6cc(F)ccc6OCC5C4)c3C)n2)cc1. The van der Waals surface area contributed by atoms with E-state index in [0.29, 0.717) is 36.5 Å². The third-order valence-corrected chi connectivity index (χ3v) is 7.64. The van der Waals surface area contributed by atoms with Gasteiger partial charge in [0.25, 0.3) is 5.95 Å². The Balaban J connectivity index is 1.08. The fourth-order valence-corrected chi connectivity index (χ4v) is 5.38. The molecule has 0 spiro atoms. The molecule has 1 fully saturated rings. The zero-order chi connectivity index (χ0) is 28.3. The number of aromatic nitrogens is 4. The van der Waals surface area contributed by atoms with E-state index in [4.69, 9.17) is 21.1 Å². The number of anilines is 2. The van der Waals surface area contributed by atoms with Crippen LogP contribution in [-0.2, 0) is 13.0 Å². The molecule has 1 atom stereocenters. The van der Waals surface area contributed by atoms with Crippen molar-refractivity contribution in [1.29, 1.82) is 0 Å². The largest absolute Gasteiger partial charge is 0.497 e. The Kier molecular flexibility index (Phi) is 7.65. The monoisotopic (exact) mass is 575 g/mol. The van der Waals surface area contributed by atoms with Crippen molar-refractivity contribution < 1.29 is 13.9 Å². The van der Waals surface area contributed by atoms with Crippen LogP contribution in [0, 0.1) is 12.7 Å². The molecule has 6 rings (SSSR count). The summed E-state index contributed by atoms with van der Waals surface area (Å²) < 4.78 is 26.7. The molecule has 1 unspecified atom stereocenters. The minimum Gasteiger partial charge on any atom is -0.497 e. The fraction of sp³-hybridized carbons (Fsp3) is 0.300. The molecule has 0 amide bonds. The van der Waals surface area contributed by atoms with Crippen LogP contribution < -0.4 is 19.7 Å². The summed E-state index contributed by atoms with van der Waals surface area (Å²) in [5, 5.41) is 8.19. The van der Waals surface area contributed by atoms with Gasteiger partial charge in [-0.05, 0) is 54.9 Å². The summed E-state index contributed by atoms with van der Waals surface area (Å²) in [5.41, 5.74) is 3.95. The summed E-state index contributed by atoms with van der Waals surface area (Å²) in [7, 11) is 1.65. The van der Waals surface area contributed by atoms with Crippen LogP contribution in [0.5, 0.6) is 11.5 Å². The molecule has 0 saturated carbocycles. The molecule has 2 aliphatic heterocycles. The van der Waals surface area contributed by atoms with Gasteiger partial charge in [0.05, 0.1) is 25.0 Å². The fourth-order valence-electron chi connectivity index (χ4n) is 5.20. The van der Waals surface area contributed by atoms with Crippen LogP contribution in [0.3, 0.4) is 0 Å². The van der Waals surface area contributed by atoms with E-state index in [1.54, 1.807) is 30.0 Å². The molecule has 2 aromatic heterocycles. The summed E-state index contributed by atoms with van der Waals surface area (Å²) in [6.07, 6.45) is 6.82. The Morgan fingerprint density at radius 3 is 2.83 bits per heavy atom. The molecule has 1 saturated heterocycles. The number of halogens is 2. The quantitative estimate of drug-likeness (QED) is 0.293. The van der Waals surface area contributed by atoms with Gasteiger partial charge < -0.3 is 24.6 Å². The van der Waals surface area contributed by atoms with E-state index in [-0.39, 0.29) is 11.9 Å². The number of nitrogens with zero attached hydrogens (tertiary/aromatic N) is 6. The van der Waals surface area contributed by atoms with E-state index in [1.807, 2.05) is 37.4 Å². The molecule has 0 aliphatic carbocycles. The summed E-state index contributed by atoms with van der Waals surface area (Å²) in [6, 6.07) is 14.4. The molecule has 2 aromatic carbocycles. The van der Waals surface area contributed by atoms with E-state index in [1.165, 1.54) is 6.07 Å². The highest BCUT2D eigenvalue weighted by molar-refractivity contribution is 6.29. The maximum atomic E-state index is 13.8. The zero-order valence-electron chi connectivity index (χ0n) is 22.9. The van der Waals surface area contributed by atoms with Gasteiger partial charge in [0.15, 0.2) is 0 Å². The van der Waals surface area contributed by atoms with Gasteiger partial charge in [0, 0.05) is 44.0 Å². The molecule has 1 N–H and O–H groups in total. The average molecular weight is 576 g/mol. The van der Waals surface area contributed by atoms with Gasteiger partial charge in [-0.1, -0.05) is 29.8 Å². The van der Waals surface area contributed by atoms with Gasteiger partial charge in [-0.2, -0.15) is 15.1 Å². The number of fused-ring (bicyclic) bond motifs is 3. The Bertz CT molecular complexity index is 1560. The Labute approximate surface area is 243 Å². The van der Waals surface area contributed by atoms with Gasteiger partial charge >= 0.3 is 0 Å². The first-order valence-electron chi connectivity index (χ1n) is 13.5. The molecule has 0 bridgehead atoms. The number of hydrogen-bond donors (Lipinski definition) is 1. The molecule has 0 radical (unpaired) electrons. The molecule has 11 heteroatoms. The normalized spacial score (nSPS) is 16.3. The average Bonchev–Trinajstić information content (AvgIpc) is 3.35. The summed E-state index contributed by atoms with van der Waals surface area (Å²) in [6.45, 7) is 5.64. The number of ether oxygens (including phenoxy) is 2. The van der Waals surface area contributed by atoms with E-state index < -0.39 is 0 Å². The standard InChI is InChI=1S/C30H31ClFN7O2/c1-20-22(4-3-11-37-12-13-38-24(18-37)19-41-27-10-7-23(32)14-26(27)38)17-34-39(20)30-35-28(31)15-29(36-30)33-16-21-5-8-25(40-2)9-6-21/h3,5-11,14-15,17,24H,4,12-13,16,18-19H2,1-2H3,(H,33,35,36)/b11-3+. The lowest BCUT2D eigenvalue weighted by Crippen LogP contribution is -2.55. The maximum absolute atomic E-state index is 13.8. The first-order valence-corrected chi connectivity index (χ1v) is 13.9. The van der Waals surface area contributed by atoms with Gasteiger partial charge in [0.1, 0.15) is 34.9 Å². The molecular weight excluding hydrogens is 545 g/mol. The number of benzene rings is 2. The highest BCUT2D eigenvalue weighted by atomic mass is 35.5. The molecule has 41 heavy (non-hydrogen) atoms. The van der Waals surface area contributed by atoms with Crippen molar-refractivity contribution in [2.24, 2.45) is 0 Å². The first kappa shape index (κ1) is 26.9. The van der Waals surface area contributed by atoms with Crippen LogP contribution in [0.1, 0.15) is 16.8 Å². The van der Waals surface area contributed by atoms with Crippen LogP contribution in [0.15, 0.2) is 67.0 Å². The predicted octanol–water partition coefficient (Wildman–Crippen LogP) is 5.02. The van der Waals surface area contributed by atoms with Crippen LogP contribution in [0.4, 0.5) is 15.9 Å². The van der Waals surface area contributed by atoms with Crippen molar-refractivity contribution in [3.05, 3.63) is 94.8 Å². The van der Waals surface area contributed by atoms with Crippen LogP contribution in [0.2, 0.25) is 5.15 Å². The number of methoxy groups -OCH3 is 1. The molecular formula is C30H31ClFN7O2. The van der Waals surface area contributed by atoms with Crippen LogP contribution >= 0.6 is 11.6 Å². The molecule has 212 valence electrons. The number of hydrogen-bond acceptors (Lipinski definition) is 8.